The zero-order valence-electron chi connectivity index (χ0n) is 15.0. The van der Waals surface area contributed by atoms with Gasteiger partial charge in [0.25, 0.3) is 0 Å². The number of hydrogen-bond acceptors (Lipinski definition) is 6. The molecular weight excluding hydrogens is 348 g/mol. The van der Waals surface area contributed by atoms with Crippen molar-refractivity contribution in [3.8, 4) is 11.5 Å². The monoisotopic (exact) mass is 366 g/mol. The lowest BCUT2D eigenvalue weighted by molar-refractivity contribution is -0.142. The first-order valence-corrected chi connectivity index (χ1v) is 8.41. The summed E-state index contributed by atoms with van der Waals surface area (Å²) in [6.45, 7) is 1.96. The van der Waals surface area contributed by atoms with Crippen molar-refractivity contribution in [2.75, 3.05) is 20.3 Å². The van der Waals surface area contributed by atoms with Crippen molar-refractivity contribution in [2.45, 2.75) is 6.92 Å². The average molecular weight is 366 g/mol. The van der Waals surface area contributed by atoms with Crippen molar-refractivity contribution in [1.29, 1.82) is 0 Å². The van der Waals surface area contributed by atoms with E-state index in [0.717, 1.165) is 0 Å². The molecule has 0 aromatic heterocycles. The number of ketones is 2. The molecule has 1 aliphatic carbocycles. The number of carbonyl (C=O) groups excluding carboxylic acids is 3. The second-order valence-electron chi connectivity index (χ2n) is 5.77. The van der Waals surface area contributed by atoms with Crippen LogP contribution in [0.3, 0.4) is 0 Å². The summed E-state index contributed by atoms with van der Waals surface area (Å²) in [5.74, 6) is -0.314. The largest absolute Gasteiger partial charge is 0.490 e. The van der Waals surface area contributed by atoms with Crippen LogP contribution in [-0.2, 0) is 9.53 Å². The fraction of sp³-hybridized carbons (Fsp3) is 0.190. The summed E-state index contributed by atoms with van der Waals surface area (Å²) in [5, 5.41) is 0. The lowest BCUT2D eigenvalue weighted by Crippen LogP contribution is -2.13. The van der Waals surface area contributed by atoms with Gasteiger partial charge in [0.1, 0.15) is 0 Å². The number of ether oxygens (including phenoxy) is 3. The molecule has 0 unspecified atom stereocenters. The third-order valence-corrected chi connectivity index (χ3v) is 4.06. The Labute approximate surface area is 156 Å². The van der Waals surface area contributed by atoms with Gasteiger partial charge in [0.2, 0.25) is 0 Å². The summed E-state index contributed by atoms with van der Waals surface area (Å²) in [6, 6.07) is 11.7. The van der Waals surface area contributed by atoms with Gasteiger partial charge in [0.05, 0.1) is 19.3 Å². The summed E-state index contributed by atoms with van der Waals surface area (Å²) in [7, 11) is 1.28. The van der Waals surface area contributed by atoms with Crippen LogP contribution in [-0.4, -0.2) is 37.9 Å². The fourth-order valence-corrected chi connectivity index (χ4v) is 2.77. The van der Waals surface area contributed by atoms with Crippen LogP contribution in [0, 0.1) is 0 Å². The van der Waals surface area contributed by atoms with Crippen LogP contribution in [0.1, 0.15) is 33.2 Å². The first-order valence-electron chi connectivity index (χ1n) is 8.41. The number of methoxy groups -OCH3 is 1. The highest BCUT2D eigenvalue weighted by atomic mass is 16.6. The Bertz CT molecular complexity index is 904. The Kier molecular flexibility index (Phi) is 5.35. The van der Waals surface area contributed by atoms with Crippen LogP contribution in [0.2, 0.25) is 0 Å². The molecule has 0 bridgehead atoms. The summed E-state index contributed by atoms with van der Waals surface area (Å²) >= 11 is 0. The zero-order valence-corrected chi connectivity index (χ0v) is 15.0. The van der Waals surface area contributed by atoms with Gasteiger partial charge >= 0.3 is 5.97 Å². The lowest BCUT2D eigenvalue weighted by Gasteiger charge is -2.12. The molecule has 6 nitrogen and oxygen atoms in total. The van der Waals surface area contributed by atoms with Crippen molar-refractivity contribution < 1.29 is 28.6 Å². The first kappa shape index (κ1) is 18.4. The van der Waals surface area contributed by atoms with E-state index in [1.165, 1.54) is 13.2 Å². The molecule has 0 aliphatic heterocycles. The molecule has 0 atom stereocenters. The highest BCUT2D eigenvalue weighted by molar-refractivity contribution is 6.41. The van der Waals surface area contributed by atoms with Crippen molar-refractivity contribution >= 4 is 23.6 Å². The van der Waals surface area contributed by atoms with Gasteiger partial charge in [0, 0.05) is 11.1 Å². The predicted octanol–water partition coefficient (Wildman–Crippen LogP) is 3.10. The molecule has 0 N–H and O–H groups in total. The van der Waals surface area contributed by atoms with Gasteiger partial charge in [0.15, 0.2) is 29.7 Å². The number of Topliss-reactive ketones (excluding diaryl/α,β-unsaturated/α-hetero) is 2. The minimum atomic E-state index is -0.511. The van der Waals surface area contributed by atoms with Crippen LogP contribution in [0.25, 0.3) is 6.08 Å². The summed E-state index contributed by atoms with van der Waals surface area (Å²) in [4.78, 5) is 36.3. The van der Waals surface area contributed by atoms with Crippen LogP contribution in [0.5, 0.6) is 11.5 Å². The molecule has 0 saturated heterocycles. The van der Waals surface area contributed by atoms with E-state index < -0.39 is 5.97 Å². The van der Waals surface area contributed by atoms with E-state index in [2.05, 4.69) is 4.74 Å². The van der Waals surface area contributed by atoms with Gasteiger partial charge in [-0.3, -0.25) is 9.59 Å². The van der Waals surface area contributed by atoms with E-state index >= 15 is 0 Å². The molecule has 0 saturated carbocycles. The minimum Gasteiger partial charge on any atom is -0.490 e. The van der Waals surface area contributed by atoms with Crippen LogP contribution in [0.15, 0.2) is 48.0 Å². The molecule has 6 heteroatoms. The van der Waals surface area contributed by atoms with E-state index in [-0.39, 0.29) is 23.7 Å². The number of fused-ring (bicyclic) bond motifs is 1. The third kappa shape index (κ3) is 3.74. The molecule has 0 fully saturated rings. The molecule has 0 heterocycles. The van der Waals surface area contributed by atoms with Crippen LogP contribution in [0.4, 0.5) is 0 Å². The number of carbonyl (C=O) groups is 3. The second kappa shape index (κ2) is 7.86. The molecule has 2 aromatic rings. The normalized spacial score (nSPS) is 12.6. The van der Waals surface area contributed by atoms with Crippen molar-refractivity contribution in [2.24, 2.45) is 0 Å². The van der Waals surface area contributed by atoms with Crippen molar-refractivity contribution in [1.82, 2.24) is 0 Å². The van der Waals surface area contributed by atoms with Crippen molar-refractivity contribution in [3.63, 3.8) is 0 Å². The number of hydrogen-bond donors (Lipinski definition) is 0. The average Bonchev–Trinajstić information content (AvgIpc) is 2.92. The summed E-state index contributed by atoms with van der Waals surface area (Å²) < 4.78 is 15.5. The molecule has 2 aromatic carbocycles. The zero-order chi connectivity index (χ0) is 19.4. The Balaban J connectivity index is 1.90. The van der Waals surface area contributed by atoms with Gasteiger partial charge in [-0.1, -0.05) is 30.3 Å². The highest BCUT2D eigenvalue weighted by Gasteiger charge is 2.32. The summed E-state index contributed by atoms with van der Waals surface area (Å²) in [6.07, 6.45) is 1.54. The van der Waals surface area contributed by atoms with Crippen LogP contribution < -0.4 is 9.47 Å². The number of allylic oxidation sites excluding steroid dienone is 1. The molecule has 27 heavy (non-hydrogen) atoms. The van der Waals surface area contributed by atoms with E-state index in [0.29, 0.717) is 34.8 Å². The van der Waals surface area contributed by atoms with Gasteiger partial charge in [-0.05, 0) is 30.7 Å². The third-order valence-electron chi connectivity index (χ3n) is 4.06. The maximum atomic E-state index is 12.5. The van der Waals surface area contributed by atoms with Crippen LogP contribution >= 0.6 is 0 Å². The fourth-order valence-electron chi connectivity index (χ4n) is 2.77. The Morgan fingerprint density at radius 2 is 1.63 bits per heavy atom. The molecule has 1 aliphatic rings. The van der Waals surface area contributed by atoms with E-state index in [4.69, 9.17) is 9.47 Å². The lowest BCUT2D eigenvalue weighted by atomic mass is 10.1. The van der Waals surface area contributed by atoms with Gasteiger partial charge in [-0.25, -0.2) is 4.79 Å². The molecule has 0 radical (unpaired) electrons. The minimum absolute atomic E-state index is 0.113. The van der Waals surface area contributed by atoms with Gasteiger partial charge < -0.3 is 14.2 Å². The molecular formula is C21H18O6. The Morgan fingerprint density at radius 3 is 2.22 bits per heavy atom. The van der Waals surface area contributed by atoms with Gasteiger partial charge in [-0.2, -0.15) is 0 Å². The first-order chi connectivity index (χ1) is 13.0. The maximum absolute atomic E-state index is 12.5. The summed E-state index contributed by atoms with van der Waals surface area (Å²) in [5.41, 5.74) is 1.56. The number of benzene rings is 2. The van der Waals surface area contributed by atoms with E-state index in [1.807, 2.05) is 6.92 Å². The smallest absolute Gasteiger partial charge is 0.343 e. The standard InChI is InChI=1S/C21H18O6/c1-3-26-18-11-13(8-9-17(18)27-12-19(22)25-2)10-16-20(23)14-6-4-5-7-15(14)21(16)24/h4-11H,3,12H2,1-2H3. The molecule has 0 amide bonds. The predicted molar refractivity (Wildman–Crippen MR) is 98.2 cm³/mol. The SMILES string of the molecule is CCOc1cc(C=C2C(=O)c3ccccc3C2=O)ccc1OCC(=O)OC. The molecule has 0 spiro atoms. The molecule has 138 valence electrons. The van der Waals surface area contributed by atoms with Gasteiger partial charge in [-0.15, -0.1) is 0 Å². The highest BCUT2D eigenvalue weighted by Crippen LogP contribution is 2.32. The maximum Gasteiger partial charge on any atom is 0.343 e. The van der Waals surface area contributed by atoms with Crippen molar-refractivity contribution in [3.05, 3.63) is 64.7 Å². The molecule has 3 rings (SSSR count). The van der Waals surface area contributed by atoms with E-state index in [9.17, 15) is 14.4 Å². The number of rotatable bonds is 6. The quantitative estimate of drug-likeness (QED) is 0.444. The van der Waals surface area contributed by atoms with E-state index in [1.54, 1.807) is 42.5 Å². The topological polar surface area (TPSA) is 78.9 Å². The second-order valence-corrected chi connectivity index (χ2v) is 5.77. The Morgan fingerprint density at radius 1 is 0.963 bits per heavy atom. The Hall–Kier alpha value is -3.41. The number of esters is 1.